The second-order valence-electron chi connectivity index (χ2n) is 7.07. The number of carbonyl (C=O) groups excluding carboxylic acids is 3. The van der Waals surface area contributed by atoms with Crippen LogP contribution in [0.1, 0.15) is 36.0 Å². The van der Waals surface area contributed by atoms with E-state index in [9.17, 15) is 23.2 Å². The summed E-state index contributed by atoms with van der Waals surface area (Å²) in [5, 5.41) is 5.26. The Hall–Kier alpha value is -3.49. The lowest BCUT2D eigenvalue weighted by Gasteiger charge is -2.20. The van der Waals surface area contributed by atoms with E-state index in [-0.39, 0.29) is 30.3 Å². The van der Waals surface area contributed by atoms with Crippen molar-refractivity contribution in [2.45, 2.75) is 25.7 Å². The number of amides is 3. The van der Waals surface area contributed by atoms with Gasteiger partial charge in [0.05, 0.1) is 18.4 Å². The van der Waals surface area contributed by atoms with E-state index in [2.05, 4.69) is 10.6 Å². The molecule has 0 atom stereocenters. The monoisotopic (exact) mass is 431 g/mol. The van der Waals surface area contributed by atoms with Crippen LogP contribution in [0.3, 0.4) is 0 Å². The largest absolute Gasteiger partial charge is 0.495 e. The Morgan fingerprint density at radius 2 is 1.97 bits per heavy atom. The summed E-state index contributed by atoms with van der Waals surface area (Å²) >= 11 is 0. The number of hydrogen-bond donors (Lipinski definition) is 2. The average Bonchev–Trinajstić information content (AvgIpc) is 3.16. The lowest BCUT2D eigenvalue weighted by molar-refractivity contribution is -0.117. The van der Waals surface area contributed by atoms with Crippen molar-refractivity contribution in [3.63, 3.8) is 0 Å². The van der Waals surface area contributed by atoms with Crippen molar-refractivity contribution < 1.29 is 27.9 Å². The molecule has 0 aliphatic carbocycles. The van der Waals surface area contributed by atoms with Crippen LogP contribution in [0.5, 0.6) is 5.75 Å². The minimum atomic E-state index is -0.943. The first-order valence-electron chi connectivity index (χ1n) is 9.90. The number of benzene rings is 2. The SMILES string of the molecule is COc1ccc(NC(=O)CCCNC(=O)c2ccc(F)cc2F)cc1N1CCCC1=O. The number of halogens is 2. The number of nitrogens with one attached hydrogen (secondary N) is 2. The third kappa shape index (κ3) is 5.56. The summed E-state index contributed by atoms with van der Waals surface area (Å²) < 4.78 is 31.8. The first kappa shape index (κ1) is 22.2. The number of rotatable bonds is 8. The fourth-order valence-electron chi connectivity index (χ4n) is 3.32. The molecule has 2 aromatic rings. The first-order chi connectivity index (χ1) is 14.9. The highest BCUT2D eigenvalue weighted by molar-refractivity contribution is 5.98. The van der Waals surface area contributed by atoms with Crippen molar-refractivity contribution in [1.29, 1.82) is 0 Å². The van der Waals surface area contributed by atoms with Crippen LogP contribution < -0.4 is 20.3 Å². The van der Waals surface area contributed by atoms with Crippen molar-refractivity contribution in [1.82, 2.24) is 5.32 Å². The molecule has 3 amide bonds. The molecule has 1 fully saturated rings. The zero-order valence-corrected chi connectivity index (χ0v) is 17.0. The molecule has 1 heterocycles. The van der Waals surface area contributed by atoms with E-state index in [1.165, 1.54) is 7.11 Å². The lowest BCUT2D eigenvalue weighted by Crippen LogP contribution is -2.26. The summed E-state index contributed by atoms with van der Waals surface area (Å²) in [5.74, 6) is -2.10. The van der Waals surface area contributed by atoms with Crippen LogP contribution in [0.25, 0.3) is 0 Å². The van der Waals surface area contributed by atoms with Gasteiger partial charge in [-0.2, -0.15) is 0 Å². The van der Waals surface area contributed by atoms with Crippen molar-refractivity contribution >= 4 is 29.1 Å². The van der Waals surface area contributed by atoms with E-state index < -0.39 is 17.5 Å². The maximum Gasteiger partial charge on any atom is 0.254 e. The van der Waals surface area contributed by atoms with Crippen LogP contribution in [0.4, 0.5) is 20.2 Å². The third-order valence-electron chi connectivity index (χ3n) is 4.87. The molecule has 0 radical (unpaired) electrons. The maximum absolute atomic E-state index is 13.6. The molecule has 0 unspecified atom stereocenters. The fourth-order valence-corrected chi connectivity index (χ4v) is 3.32. The molecular formula is C22H23F2N3O4. The summed E-state index contributed by atoms with van der Waals surface area (Å²) in [6.07, 6.45) is 1.70. The van der Waals surface area contributed by atoms with Gasteiger partial charge in [-0.25, -0.2) is 8.78 Å². The van der Waals surface area contributed by atoms with Gasteiger partial charge in [-0.15, -0.1) is 0 Å². The Kier molecular flexibility index (Phi) is 7.17. The molecule has 0 bridgehead atoms. The Bertz CT molecular complexity index is 997. The highest BCUT2D eigenvalue weighted by Gasteiger charge is 2.25. The number of carbonyl (C=O) groups is 3. The lowest BCUT2D eigenvalue weighted by atomic mass is 10.2. The van der Waals surface area contributed by atoms with Crippen LogP contribution in [-0.2, 0) is 9.59 Å². The third-order valence-corrected chi connectivity index (χ3v) is 4.87. The fraction of sp³-hybridized carbons (Fsp3) is 0.318. The molecule has 3 rings (SSSR count). The molecule has 0 aromatic heterocycles. The molecule has 0 saturated carbocycles. The maximum atomic E-state index is 13.6. The van der Waals surface area contributed by atoms with Crippen LogP contribution in [0.15, 0.2) is 36.4 Å². The number of hydrogen-bond acceptors (Lipinski definition) is 4. The van der Waals surface area contributed by atoms with Crippen molar-refractivity contribution in [2.24, 2.45) is 0 Å². The molecule has 7 nitrogen and oxygen atoms in total. The molecular weight excluding hydrogens is 408 g/mol. The normalized spacial score (nSPS) is 13.3. The van der Waals surface area contributed by atoms with Gasteiger partial charge < -0.3 is 20.3 Å². The standard InChI is InChI=1S/C22H23F2N3O4/c1-31-19-9-7-15(13-18(19)27-11-3-5-21(27)29)26-20(28)4-2-10-25-22(30)16-8-6-14(23)12-17(16)24/h6-9,12-13H,2-5,10-11H2,1H3,(H,25,30)(H,26,28). The average molecular weight is 431 g/mol. The van der Waals surface area contributed by atoms with E-state index >= 15 is 0 Å². The molecule has 1 aliphatic heterocycles. The van der Waals surface area contributed by atoms with E-state index in [4.69, 9.17) is 4.74 Å². The Balaban J connectivity index is 1.50. The van der Waals surface area contributed by atoms with Gasteiger partial charge in [-0.05, 0) is 43.2 Å². The summed E-state index contributed by atoms with van der Waals surface area (Å²) in [6.45, 7) is 0.750. The van der Waals surface area contributed by atoms with Gasteiger partial charge in [-0.1, -0.05) is 0 Å². The van der Waals surface area contributed by atoms with E-state index in [0.717, 1.165) is 18.6 Å². The van der Waals surface area contributed by atoms with Crippen LogP contribution in [0.2, 0.25) is 0 Å². The van der Waals surface area contributed by atoms with Gasteiger partial charge in [0.15, 0.2) is 0 Å². The van der Waals surface area contributed by atoms with E-state index in [0.29, 0.717) is 42.6 Å². The van der Waals surface area contributed by atoms with Crippen LogP contribution >= 0.6 is 0 Å². The molecule has 2 N–H and O–H groups in total. The van der Waals surface area contributed by atoms with E-state index in [1.807, 2.05) is 0 Å². The van der Waals surface area contributed by atoms with Gasteiger partial charge in [-0.3, -0.25) is 14.4 Å². The van der Waals surface area contributed by atoms with Crippen LogP contribution in [0, 0.1) is 11.6 Å². The Morgan fingerprint density at radius 1 is 1.16 bits per heavy atom. The Morgan fingerprint density at radius 3 is 2.65 bits per heavy atom. The second-order valence-corrected chi connectivity index (χ2v) is 7.07. The minimum Gasteiger partial charge on any atom is -0.495 e. The van der Waals surface area contributed by atoms with Gasteiger partial charge in [0.2, 0.25) is 11.8 Å². The van der Waals surface area contributed by atoms with Gasteiger partial charge >= 0.3 is 0 Å². The molecule has 1 aliphatic rings. The molecule has 0 spiro atoms. The molecule has 31 heavy (non-hydrogen) atoms. The Labute approximate surface area is 178 Å². The van der Waals surface area contributed by atoms with Gasteiger partial charge in [0.25, 0.3) is 5.91 Å². The smallest absolute Gasteiger partial charge is 0.254 e. The highest BCUT2D eigenvalue weighted by Crippen LogP contribution is 2.34. The highest BCUT2D eigenvalue weighted by atomic mass is 19.1. The second kappa shape index (κ2) is 10.0. The summed E-state index contributed by atoms with van der Waals surface area (Å²) in [7, 11) is 1.52. The first-order valence-corrected chi connectivity index (χ1v) is 9.90. The summed E-state index contributed by atoms with van der Waals surface area (Å²) in [4.78, 5) is 37.9. The summed E-state index contributed by atoms with van der Waals surface area (Å²) in [5.41, 5.74) is 0.877. The van der Waals surface area contributed by atoms with Crippen LogP contribution in [-0.4, -0.2) is 37.9 Å². The molecule has 1 saturated heterocycles. The predicted molar refractivity (Wildman–Crippen MR) is 111 cm³/mol. The molecule has 164 valence electrons. The number of nitrogens with zero attached hydrogens (tertiary/aromatic N) is 1. The molecule has 9 heteroatoms. The molecule has 2 aromatic carbocycles. The van der Waals surface area contributed by atoms with Crippen molar-refractivity contribution in [2.75, 3.05) is 30.4 Å². The topological polar surface area (TPSA) is 87.7 Å². The van der Waals surface area contributed by atoms with Gasteiger partial charge in [0, 0.05) is 37.7 Å². The number of methoxy groups -OCH3 is 1. The quantitative estimate of drug-likeness (QED) is 0.628. The summed E-state index contributed by atoms with van der Waals surface area (Å²) in [6, 6.07) is 7.78. The zero-order chi connectivity index (χ0) is 22.4. The minimum absolute atomic E-state index is 0.00936. The zero-order valence-electron chi connectivity index (χ0n) is 17.0. The number of anilines is 2. The van der Waals surface area contributed by atoms with Crippen molar-refractivity contribution in [3.05, 3.63) is 53.6 Å². The van der Waals surface area contributed by atoms with Crippen molar-refractivity contribution in [3.8, 4) is 5.75 Å². The van der Waals surface area contributed by atoms with Gasteiger partial charge in [0.1, 0.15) is 17.4 Å². The predicted octanol–water partition coefficient (Wildman–Crippen LogP) is 3.25. The van der Waals surface area contributed by atoms with E-state index in [1.54, 1.807) is 23.1 Å². The number of ether oxygens (including phenoxy) is 1.